The topological polar surface area (TPSA) is 74.9 Å². The van der Waals surface area contributed by atoms with Crippen LogP contribution in [0.3, 0.4) is 0 Å². The van der Waals surface area contributed by atoms with Gasteiger partial charge in [-0.25, -0.2) is 4.98 Å². The van der Waals surface area contributed by atoms with E-state index in [9.17, 15) is 14.7 Å². The molecule has 1 amide bonds. The predicted molar refractivity (Wildman–Crippen MR) is 133 cm³/mol. The van der Waals surface area contributed by atoms with Crippen LogP contribution in [0.2, 0.25) is 0 Å². The van der Waals surface area contributed by atoms with Gasteiger partial charge in [-0.1, -0.05) is 64.5 Å². The number of hydrogen-bond donors (Lipinski definition) is 1. The highest BCUT2D eigenvalue weighted by molar-refractivity contribution is 9.10. The van der Waals surface area contributed by atoms with E-state index < -0.39 is 17.7 Å². The third-order valence-electron chi connectivity index (χ3n) is 6.14. The summed E-state index contributed by atoms with van der Waals surface area (Å²) in [5.41, 5.74) is 3.54. The number of aliphatic hydroxyl groups excluding tert-OH is 1. The molecule has 1 atom stereocenters. The number of nitrogens with zero attached hydrogens (tertiary/aromatic N) is 3. The van der Waals surface area contributed by atoms with Crippen LogP contribution in [0.4, 0.5) is 0 Å². The van der Waals surface area contributed by atoms with Crippen molar-refractivity contribution in [1.29, 1.82) is 0 Å². The second-order valence-electron chi connectivity index (χ2n) is 8.25. The molecule has 0 bridgehead atoms. The van der Waals surface area contributed by atoms with Gasteiger partial charge in [0.05, 0.1) is 17.3 Å². The minimum Gasteiger partial charge on any atom is -0.505 e. The molecule has 1 fully saturated rings. The van der Waals surface area contributed by atoms with Crippen molar-refractivity contribution in [3.63, 3.8) is 0 Å². The third kappa shape index (κ3) is 3.82. The largest absolute Gasteiger partial charge is 0.505 e. The van der Waals surface area contributed by atoms with Crippen molar-refractivity contribution in [1.82, 2.24) is 14.3 Å². The summed E-state index contributed by atoms with van der Waals surface area (Å²) in [4.78, 5) is 32.6. The number of aromatic nitrogens is 2. The summed E-state index contributed by atoms with van der Waals surface area (Å²) >= 11 is 3.45. The number of Topliss-reactive ketones (excluding diaryl/α,β-unsaturated/α-hetero) is 1. The minimum atomic E-state index is -0.703. The molecule has 4 aromatic rings. The Labute approximate surface area is 205 Å². The SMILES string of the molecule is Cc1nc2ccccn2c1/C(O)=C1\C(=O)C(=O)N(CCc2ccccc2)C1c1ccc(Br)cc1. The molecule has 1 aliphatic heterocycles. The summed E-state index contributed by atoms with van der Waals surface area (Å²) in [5.74, 6) is -1.52. The second kappa shape index (κ2) is 8.91. The number of benzene rings is 2. The van der Waals surface area contributed by atoms with Crippen molar-refractivity contribution < 1.29 is 14.7 Å². The molecule has 1 unspecified atom stereocenters. The second-order valence-corrected chi connectivity index (χ2v) is 9.17. The third-order valence-corrected chi connectivity index (χ3v) is 6.67. The first-order valence-corrected chi connectivity index (χ1v) is 11.8. The van der Waals surface area contributed by atoms with Crippen LogP contribution in [-0.4, -0.2) is 37.6 Å². The van der Waals surface area contributed by atoms with Gasteiger partial charge in [0, 0.05) is 17.2 Å². The van der Waals surface area contributed by atoms with Gasteiger partial charge >= 0.3 is 0 Å². The van der Waals surface area contributed by atoms with Crippen LogP contribution in [-0.2, 0) is 16.0 Å². The minimum absolute atomic E-state index is 0.0779. The predicted octanol–water partition coefficient (Wildman–Crippen LogP) is 5.07. The van der Waals surface area contributed by atoms with Crippen LogP contribution >= 0.6 is 15.9 Å². The first-order valence-electron chi connectivity index (χ1n) is 11.0. The highest BCUT2D eigenvalue weighted by atomic mass is 79.9. The molecule has 1 N–H and O–H groups in total. The lowest BCUT2D eigenvalue weighted by Crippen LogP contribution is -2.31. The zero-order chi connectivity index (χ0) is 23.8. The fourth-order valence-electron chi connectivity index (χ4n) is 4.52. The quantitative estimate of drug-likeness (QED) is 0.228. The number of aryl methyl sites for hydroxylation is 1. The molecule has 0 radical (unpaired) electrons. The van der Waals surface area contributed by atoms with E-state index in [-0.39, 0.29) is 11.3 Å². The molecule has 6 nitrogen and oxygen atoms in total. The molecule has 5 rings (SSSR count). The van der Waals surface area contributed by atoms with Crippen LogP contribution in [0.5, 0.6) is 0 Å². The van der Waals surface area contributed by atoms with Gasteiger partial charge in [-0.2, -0.15) is 0 Å². The van der Waals surface area contributed by atoms with Gasteiger partial charge in [-0.05, 0) is 48.7 Å². The van der Waals surface area contributed by atoms with Crippen molar-refractivity contribution in [2.75, 3.05) is 6.54 Å². The maximum Gasteiger partial charge on any atom is 0.295 e. The lowest BCUT2D eigenvalue weighted by atomic mass is 9.96. The number of amides is 1. The van der Waals surface area contributed by atoms with Gasteiger partial charge in [0.2, 0.25) is 0 Å². The van der Waals surface area contributed by atoms with Crippen LogP contribution < -0.4 is 0 Å². The highest BCUT2D eigenvalue weighted by Gasteiger charge is 2.46. The van der Waals surface area contributed by atoms with Crippen LogP contribution in [0.15, 0.2) is 89.0 Å². The lowest BCUT2D eigenvalue weighted by molar-refractivity contribution is -0.139. The van der Waals surface area contributed by atoms with Crippen LogP contribution in [0.1, 0.15) is 28.6 Å². The molecule has 3 heterocycles. The summed E-state index contributed by atoms with van der Waals surface area (Å²) < 4.78 is 2.62. The van der Waals surface area contributed by atoms with Gasteiger partial charge in [0.15, 0.2) is 5.76 Å². The summed E-state index contributed by atoms with van der Waals surface area (Å²) in [5, 5.41) is 11.5. The van der Waals surface area contributed by atoms with Crippen molar-refractivity contribution in [3.8, 4) is 0 Å². The van der Waals surface area contributed by atoms with Crippen LogP contribution in [0.25, 0.3) is 11.4 Å². The number of imidazole rings is 1. The van der Waals surface area contributed by atoms with Gasteiger partial charge < -0.3 is 10.0 Å². The molecule has 1 saturated heterocycles. The normalized spacial score (nSPS) is 17.6. The van der Waals surface area contributed by atoms with Crippen molar-refractivity contribution in [2.24, 2.45) is 0 Å². The zero-order valence-corrected chi connectivity index (χ0v) is 20.1. The fraction of sp³-hybridized carbons (Fsp3) is 0.148. The molecule has 2 aromatic heterocycles. The lowest BCUT2D eigenvalue weighted by Gasteiger charge is -2.25. The smallest absolute Gasteiger partial charge is 0.295 e. The Bertz CT molecular complexity index is 1420. The molecule has 7 heteroatoms. The van der Waals surface area contributed by atoms with E-state index in [1.54, 1.807) is 22.4 Å². The Morgan fingerprint density at radius 1 is 1.00 bits per heavy atom. The average Bonchev–Trinajstić information content (AvgIpc) is 3.31. The maximum atomic E-state index is 13.3. The highest BCUT2D eigenvalue weighted by Crippen LogP contribution is 2.40. The first kappa shape index (κ1) is 22.1. The van der Waals surface area contributed by atoms with Gasteiger partial charge in [0.25, 0.3) is 11.7 Å². The Morgan fingerprint density at radius 2 is 1.71 bits per heavy atom. The Balaban J connectivity index is 1.65. The number of halogens is 1. The summed E-state index contributed by atoms with van der Waals surface area (Å²) in [6.45, 7) is 2.13. The van der Waals surface area contributed by atoms with E-state index in [0.717, 1.165) is 15.6 Å². The number of likely N-dealkylation sites (tertiary alicyclic amines) is 1. The monoisotopic (exact) mass is 515 g/mol. The molecule has 1 aliphatic rings. The van der Waals surface area contributed by atoms with Gasteiger partial charge in [-0.15, -0.1) is 0 Å². The van der Waals surface area contributed by atoms with E-state index in [4.69, 9.17) is 0 Å². The Kier molecular flexibility index (Phi) is 5.79. The van der Waals surface area contributed by atoms with Crippen molar-refractivity contribution in [3.05, 3.63) is 112 Å². The fourth-order valence-corrected chi connectivity index (χ4v) is 4.79. The molecule has 34 heavy (non-hydrogen) atoms. The summed E-state index contributed by atoms with van der Waals surface area (Å²) in [6, 6.07) is 22.1. The van der Waals surface area contributed by atoms with Crippen LogP contribution in [0, 0.1) is 6.92 Å². The van der Waals surface area contributed by atoms with Crippen molar-refractivity contribution >= 4 is 39.0 Å². The molecule has 0 spiro atoms. The number of carbonyl (C=O) groups is 2. The standard InChI is InChI=1S/C27H22BrN3O3/c1-17-23(30-15-6-5-9-21(30)29-17)25(32)22-24(19-10-12-20(28)13-11-19)31(27(34)26(22)33)16-14-18-7-3-2-4-8-18/h2-13,15,24,32H,14,16H2,1H3/b25-22+. The molecular formula is C27H22BrN3O3. The average molecular weight is 516 g/mol. The summed E-state index contributed by atoms with van der Waals surface area (Å²) in [7, 11) is 0. The number of fused-ring (bicyclic) bond motifs is 1. The van der Waals surface area contributed by atoms with E-state index in [0.29, 0.717) is 30.0 Å². The molecule has 0 saturated carbocycles. The molecular weight excluding hydrogens is 494 g/mol. The Morgan fingerprint density at radius 3 is 2.44 bits per heavy atom. The number of hydrogen-bond acceptors (Lipinski definition) is 4. The summed E-state index contributed by atoms with van der Waals surface area (Å²) in [6.07, 6.45) is 2.38. The van der Waals surface area contributed by atoms with E-state index in [2.05, 4.69) is 20.9 Å². The number of aliphatic hydroxyl groups is 1. The first-order chi connectivity index (χ1) is 16.5. The van der Waals surface area contributed by atoms with E-state index in [1.165, 1.54) is 0 Å². The molecule has 2 aromatic carbocycles. The molecule has 170 valence electrons. The van der Waals surface area contributed by atoms with E-state index >= 15 is 0 Å². The van der Waals surface area contributed by atoms with Gasteiger partial charge in [0.1, 0.15) is 11.3 Å². The number of ketones is 1. The number of carbonyl (C=O) groups excluding carboxylic acids is 2. The van der Waals surface area contributed by atoms with E-state index in [1.807, 2.05) is 72.8 Å². The van der Waals surface area contributed by atoms with Crippen molar-refractivity contribution in [2.45, 2.75) is 19.4 Å². The van der Waals surface area contributed by atoms with Gasteiger partial charge in [-0.3, -0.25) is 14.0 Å². The number of rotatable bonds is 5. The number of pyridine rings is 1. The maximum absolute atomic E-state index is 13.3. The molecule has 0 aliphatic carbocycles. The zero-order valence-electron chi connectivity index (χ0n) is 18.5. The Hall–Kier alpha value is -3.71.